The largest absolute Gasteiger partial charge is 0.459 e. The first kappa shape index (κ1) is 19.1. The van der Waals surface area contributed by atoms with Crippen LogP contribution >= 0.6 is 0 Å². The molecule has 0 aliphatic heterocycles. The topological polar surface area (TPSA) is 55.4 Å². The maximum absolute atomic E-state index is 12.8. The minimum absolute atomic E-state index is 0.0657. The third kappa shape index (κ3) is 4.22. The van der Waals surface area contributed by atoms with Crippen LogP contribution in [0.1, 0.15) is 87.4 Å². The molecule has 4 heteroatoms. The summed E-state index contributed by atoms with van der Waals surface area (Å²) in [5.74, 6) is 2.48. The summed E-state index contributed by atoms with van der Waals surface area (Å²) in [6.07, 6.45) is 14.2. The Morgan fingerprint density at radius 3 is 2.07 bits per heavy atom. The lowest BCUT2D eigenvalue weighted by Gasteiger charge is -2.56. The van der Waals surface area contributed by atoms with E-state index >= 15 is 0 Å². The molecule has 5 aliphatic rings. The molecule has 1 N–H and O–H groups in total. The van der Waals surface area contributed by atoms with Crippen molar-refractivity contribution in [2.24, 2.45) is 23.2 Å². The highest BCUT2D eigenvalue weighted by atomic mass is 16.5. The van der Waals surface area contributed by atoms with Crippen molar-refractivity contribution in [2.75, 3.05) is 5.32 Å². The highest BCUT2D eigenvalue weighted by Gasteiger charge is 2.51. The molecule has 1 aromatic rings. The van der Waals surface area contributed by atoms with Gasteiger partial charge in [-0.05, 0) is 112 Å². The standard InChI is InChI=1S/C25H33NO3/c27-23(16-25-13-17-10-18(14-25)12-19(11-17)15-25)26-21-8-6-20(7-9-21)24(28)29-22-4-2-1-3-5-22/h6-9,17-19,22H,1-5,10-16H2,(H,26,27). The van der Waals surface area contributed by atoms with Crippen molar-refractivity contribution < 1.29 is 14.3 Å². The molecule has 156 valence electrons. The van der Waals surface area contributed by atoms with Gasteiger partial charge in [-0.2, -0.15) is 0 Å². The number of amides is 1. The van der Waals surface area contributed by atoms with E-state index in [2.05, 4.69) is 5.32 Å². The number of hydrogen-bond acceptors (Lipinski definition) is 3. The van der Waals surface area contributed by atoms with E-state index in [0.717, 1.165) is 49.1 Å². The minimum Gasteiger partial charge on any atom is -0.459 e. The summed E-state index contributed by atoms with van der Waals surface area (Å²) in [6, 6.07) is 7.20. The molecule has 0 atom stereocenters. The zero-order chi connectivity index (χ0) is 19.8. The molecule has 5 fully saturated rings. The van der Waals surface area contributed by atoms with Gasteiger partial charge in [0.15, 0.2) is 0 Å². The van der Waals surface area contributed by atoms with Gasteiger partial charge in [-0.3, -0.25) is 4.79 Å². The van der Waals surface area contributed by atoms with Crippen LogP contribution in [0.3, 0.4) is 0 Å². The van der Waals surface area contributed by atoms with E-state index in [4.69, 9.17) is 4.74 Å². The van der Waals surface area contributed by atoms with Crippen LogP contribution in [0.4, 0.5) is 5.69 Å². The molecule has 0 unspecified atom stereocenters. The molecule has 0 spiro atoms. The average Bonchev–Trinajstić information content (AvgIpc) is 2.67. The molecular formula is C25H33NO3. The van der Waals surface area contributed by atoms with E-state index in [0.29, 0.717) is 12.0 Å². The van der Waals surface area contributed by atoms with Gasteiger partial charge in [-0.15, -0.1) is 0 Å². The lowest BCUT2D eigenvalue weighted by Crippen LogP contribution is -2.47. The van der Waals surface area contributed by atoms with Gasteiger partial charge in [0.25, 0.3) is 0 Å². The number of carbonyl (C=O) groups excluding carboxylic acids is 2. The first-order chi connectivity index (χ1) is 14.1. The SMILES string of the molecule is O=C(CC12CC3CC(CC(C3)C1)C2)Nc1ccc(C(=O)OC2CCCCC2)cc1. The van der Waals surface area contributed by atoms with Gasteiger partial charge in [0, 0.05) is 12.1 Å². The van der Waals surface area contributed by atoms with Crippen LogP contribution < -0.4 is 5.32 Å². The Morgan fingerprint density at radius 1 is 0.897 bits per heavy atom. The van der Waals surface area contributed by atoms with Crippen molar-refractivity contribution in [3.05, 3.63) is 29.8 Å². The number of hydrogen-bond donors (Lipinski definition) is 1. The number of esters is 1. The second-order valence-electron chi connectivity index (χ2n) is 10.4. The van der Waals surface area contributed by atoms with Crippen LogP contribution in [-0.2, 0) is 9.53 Å². The Labute approximate surface area is 173 Å². The van der Waals surface area contributed by atoms with Gasteiger partial charge in [0.1, 0.15) is 6.10 Å². The molecule has 4 nitrogen and oxygen atoms in total. The van der Waals surface area contributed by atoms with Gasteiger partial charge >= 0.3 is 5.97 Å². The molecule has 5 saturated carbocycles. The summed E-state index contributed by atoms with van der Waals surface area (Å²) in [6.45, 7) is 0. The molecule has 5 aliphatic carbocycles. The third-order valence-corrected chi connectivity index (χ3v) is 7.93. The molecule has 1 aromatic carbocycles. The van der Waals surface area contributed by atoms with Crippen molar-refractivity contribution >= 4 is 17.6 Å². The fourth-order valence-electron chi connectivity index (χ4n) is 7.14. The molecule has 1 amide bonds. The maximum atomic E-state index is 12.8. The summed E-state index contributed by atoms with van der Waals surface area (Å²) in [4.78, 5) is 25.1. The van der Waals surface area contributed by atoms with Gasteiger partial charge in [0.2, 0.25) is 5.91 Å². The molecule has 0 heterocycles. The number of ether oxygens (including phenoxy) is 1. The number of benzene rings is 1. The number of anilines is 1. The second-order valence-corrected chi connectivity index (χ2v) is 10.4. The van der Waals surface area contributed by atoms with E-state index in [1.165, 1.54) is 44.9 Å². The summed E-state index contributed by atoms with van der Waals surface area (Å²) in [7, 11) is 0. The summed E-state index contributed by atoms with van der Waals surface area (Å²) >= 11 is 0. The maximum Gasteiger partial charge on any atom is 0.338 e. The third-order valence-electron chi connectivity index (χ3n) is 7.93. The normalized spacial score (nSPS) is 33.4. The van der Waals surface area contributed by atoms with Gasteiger partial charge < -0.3 is 10.1 Å². The minimum atomic E-state index is -0.247. The van der Waals surface area contributed by atoms with Crippen LogP contribution in [-0.4, -0.2) is 18.0 Å². The van der Waals surface area contributed by atoms with Gasteiger partial charge in [-0.25, -0.2) is 4.79 Å². The van der Waals surface area contributed by atoms with Crippen molar-refractivity contribution in [3.8, 4) is 0 Å². The summed E-state index contributed by atoms with van der Waals surface area (Å²) < 4.78 is 5.63. The molecule has 29 heavy (non-hydrogen) atoms. The van der Waals surface area contributed by atoms with Crippen molar-refractivity contribution in [1.82, 2.24) is 0 Å². The Bertz CT molecular complexity index is 727. The molecule has 4 bridgehead atoms. The van der Waals surface area contributed by atoms with E-state index in [1.807, 2.05) is 12.1 Å². The van der Waals surface area contributed by atoms with Crippen LogP contribution in [0, 0.1) is 23.2 Å². The first-order valence-corrected chi connectivity index (χ1v) is 11.7. The van der Waals surface area contributed by atoms with Crippen LogP contribution in [0.25, 0.3) is 0 Å². The van der Waals surface area contributed by atoms with E-state index in [1.54, 1.807) is 12.1 Å². The van der Waals surface area contributed by atoms with Crippen molar-refractivity contribution in [3.63, 3.8) is 0 Å². The lowest BCUT2D eigenvalue weighted by atomic mass is 9.49. The fourth-order valence-corrected chi connectivity index (χ4v) is 7.14. The monoisotopic (exact) mass is 395 g/mol. The van der Waals surface area contributed by atoms with E-state index < -0.39 is 0 Å². The zero-order valence-corrected chi connectivity index (χ0v) is 17.3. The molecule has 0 radical (unpaired) electrons. The summed E-state index contributed by atoms with van der Waals surface area (Å²) in [5, 5.41) is 3.07. The first-order valence-electron chi connectivity index (χ1n) is 11.7. The van der Waals surface area contributed by atoms with E-state index in [9.17, 15) is 9.59 Å². The van der Waals surface area contributed by atoms with E-state index in [-0.39, 0.29) is 23.4 Å². The number of nitrogens with one attached hydrogen (secondary N) is 1. The molecular weight excluding hydrogens is 362 g/mol. The predicted octanol–water partition coefficient (Wildman–Crippen LogP) is 5.72. The number of carbonyl (C=O) groups is 2. The average molecular weight is 396 g/mol. The Hall–Kier alpha value is -1.84. The fraction of sp³-hybridized carbons (Fsp3) is 0.680. The Kier molecular flexibility index (Phi) is 5.13. The summed E-state index contributed by atoms with van der Waals surface area (Å²) in [5.41, 5.74) is 1.59. The van der Waals surface area contributed by atoms with Crippen molar-refractivity contribution in [1.29, 1.82) is 0 Å². The van der Waals surface area contributed by atoms with Crippen molar-refractivity contribution in [2.45, 2.75) is 83.2 Å². The molecule has 0 saturated heterocycles. The smallest absolute Gasteiger partial charge is 0.338 e. The zero-order valence-electron chi connectivity index (χ0n) is 17.3. The number of rotatable bonds is 5. The highest BCUT2D eigenvalue weighted by molar-refractivity contribution is 5.93. The second kappa shape index (κ2) is 7.77. The highest BCUT2D eigenvalue weighted by Crippen LogP contribution is 2.61. The van der Waals surface area contributed by atoms with Gasteiger partial charge in [0.05, 0.1) is 5.56 Å². The quantitative estimate of drug-likeness (QED) is 0.649. The van der Waals surface area contributed by atoms with Gasteiger partial charge in [-0.1, -0.05) is 6.42 Å². The van der Waals surface area contributed by atoms with Crippen LogP contribution in [0.5, 0.6) is 0 Å². The Balaban J connectivity index is 1.16. The predicted molar refractivity (Wildman–Crippen MR) is 113 cm³/mol. The van der Waals surface area contributed by atoms with Crippen LogP contribution in [0.2, 0.25) is 0 Å². The lowest BCUT2D eigenvalue weighted by molar-refractivity contribution is -0.124. The molecule has 0 aromatic heterocycles. The molecule has 6 rings (SSSR count). The van der Waals surface area contributed by atoms with Crippen LogP contribution in [0.15, 0.2) is 24.3 Å². The Morgan fingerprint density at radius 2 is 1.48 bits per heavy atom.